The molecule has 0 nitrogen and oxygen atoms in total. The minimum Gasteiger partial charge on any atom is -0.0622 e. The molecule has 0 heterocycles. The normalized spacial score (nSPS) is 10.8. The molecule has 0 atom stereocenters. The lowest BCUT2D eigenvalue weighted by Crippen LogP contribution is -1.86. The Bertz CT molecular complexity index is 960. The highest BCUT2D eigenvalue weighted by molar-refractivity contribution is 5.97. The van der Waals surface area contributed by atoms with Crippen molar-refractivity contribution in [1.82, 2.24) is 0 Å². The van der Waals surface area contributed by atoms with Gasteiger partial charge in [-0.3, -0.25) is 0 Å². The Kier molecular flexibility index (Phi) is 3.44. The predicted molar refractivity (Wildman–Crippen MR) is 99.6 cm³/mol. The molecule has 0 N–H and O–H groups in total. The molecule has 0 bridgehead atoms. The van der Waals surface area contributed by atoms with Crippen LogP contribution in [0.2, 0.25) is 0 Å². The minimum atomic E-state index is 1.26. The van der Waals surface area contributed by atoms with E-state index in [1.54, 1.807) is 0 Å². The molecule has 0 radical (unpaired) electrons. The monoisotopic (exact) mass is 294 g/mol. The van der Waals surface area contributed by atoms with Gasteiger partial charge in [0, 0.05) is 0 Å². The zero-order valence-electron chi connectivity index (χ0n) is 13.2. The second-order valence-corrected chi connectivity index (χ2v) is 5.98. The van der Waals surface area contributed by atoms with Gasteiger partial charge in [-0.05, 0) is 51.6 Å². The predicted octanol–water partition coefficient (Wildman–Crippen LogP) is 6.48. The second-order valence-electron chi connectivity index (χ2n) is 5.98. The number of hydrogen-bond acceptors (Lipinski definition) is 0. The first-order valence-electron chi connectivity index (χ1n) is 7.96. The average Bonchev–Trinajstić information content (AvgIpc) is 2.61. The Balaban J connectivity index is 1.94. The van der Waals surface area contributed by atoms with Gasteiger partial charge in [-0.2, -0.15) is 0 Å². The summed E-state index contributed by atoms with van der Waals surface area (Å²) >= 11 is 0. The average molecular weight is 294 g/mol. The van der Waals surface area contributed by atoms with Crippen molar-refractivity contribution in [3.8, 4) is 22.3 Å². The zero-order valence-corrected chi connectivity index (χ0v) is 13.2. The van der Waals surface area contributed by atoms with Crippen molar-refractivity contribution >= 4 is 10.8 Å². The van der Waals surface area contributed by atoms with E-state index in [0.717, 1.165) is 0 Å². The van der Waals surface area contributed by atoms with E-state index >= 15 is 0 Å². The van der Waals surface area contributed by atoms with Gasteiger partial charge in [-0.15, -0.1) is 0 Å². The van der Waals surface area contributed by atoms with Crippen molar-refractivity contribution < 1.29 is 0 Å². The molecule has 0 amide bonds. The molecule has 0 saturated heterocycles. The largest absolute Gasteiger partial charge is 0.0622 e. The fraction of sp³-hybridized carbons (Fsp3) is 0.0435. The lowest BCUT2D eigenvalue weighted by atomic mass is 9.93. The molecule has 0 aliphatic rings. The van der Waals surface area contributed by atoms with Gasteiger partial charge in [0.1, 0.15) is 0 Å². The van der Waals surface area contributed by atoms with Crippen LogP contribution in [0.1, 0.15) is 5.56 Å². The van der Waals surface area contributed by atoms with Gasteiger partial charge in [-0.1, -0.05) is 84.9 Å². The third kappa shape index (κ3) is 2.64. The Hall–Kier alpha value is -2.86. The van der Waals surface area contributed by atoms with Crippen molar-refractivity contribution in [3.63, 3.8) is 0 Å². The Morgan fingerprint density at radius 1 is 0.522 bits per heavy atom. The molecular formula is C23H18. The third-order valence-electron chi connectivity index (χ3n) is 4.29. The third-order valence-corrected chi connectivity index (χ3v) is 4.29. The van der Waals surface area contributed by atoms with E-state index < -0.39 is 0 Å². The smallest absolute Gasteiger partial charge is 0.0105 e. The zero-order chi connectivity index (χ0) is 15.6. The molecule has 4 aromatic carbocycles. The van der Waals surface area contributed by atoms with E-state index in [1.165, 1.54) is 38.6 Å². The second kappa shape index (κ2) is 5.73. The maximum Gasteiger partial charge on any atom is -0.0105 e. The Morgan fingerprint density at radius 3 is 2.09 bits per heavy atom. The number of aryl methyl sites for hydroxylation is 1. The standard InChI is InChI=1S/C23H18/c1-17-14-20(18-8-3-2-4-9-18)16-21(15-17)23-13-7-11-19-10-5-6-12-22(19)23/h2-16H,1H3. The molecule has 4 aromatic rings. The molecule has 0 saturated carbocycles. The SMILES string of the molecule is Cc1cc(-c2ccccc2)cc(-c2cccc3ccccc23)c1. The highest BCUT2D eigenvalue weighted by Crippen LogP contribution is 2.32. The van der Waals surface area contributed by atoms with Crippen LogP contribution in [0.15, 0.2) is 91.0 Å². The molecule has 0 unspecified atom stereocenters. The lowest BCUT2D eigenvalue weighted by molar-refractivity contribution is 1.46. The topological polar surface area (TPSA) is 0 Å². The summed E-state index contributed by atoms with van der Waals surface area (Å²) < 4.78 is 0. The van der Waals surface area contributed by atoms with Crippen LogP contribution >= 0.6 is 0 Å². The van der Waals surface area contributed by atoms with Gasteiger partial charge in [0.25, 0.3) is 0 Å². The Labute approximate surface area is 137 Å². The van der Waals surface area contributed by atoms with Crippen LogP contribution in [0.25, 0.3) is 33.0 Å². The highest BCUT2D eigenvalue weighted by atomic mass is 14.1. The number of benzene rings is 4. The molecule has 0 fully saturated rings. The highest BCUT2D eigenvalue weighted by Gasteiger charge is 2.06. The molecular weight excluding hydrogens is 276 g/mol. The van der Waals surface area contributed by atoms with Crippen LogP contribution in [0.5, 0.6) is 0 Å². The quantitative estimate of drug-likeness (QED) is 0.397. The summed E-state index contributed by atoms with van der Waals surface area (Å²) in [6, 6.07) is 32.5. The van der Waals surface area contributed by atoms with E-state index in [2.05, 4.69) is 97.9 Å². The molecule has 23 heavy (non-hydrogen) atoms. The maximum atomic E-state index is 2.30. The van der Waals surface area contributed by atoms with Crippen molar-refractivity contribution in [2.24, 2.45) is 0 Å². The van der Waals surface area contributed by atoms with Gasteiger partial charge >= 0.3 is 0 Å². The Morgan fingerprint density at radius 2 is 1.22 bits per heavy atom. The first-order valence-corrected chi connectivity index (χ1v) is 7.96. The summed E-state index contributed by atoms with van der Waals surface area (Å²) in [4.78, 5) is 0. The van der Waals surface area contributed by atoms with Gasteiger partial charge in [-0.25, -0.2) is 0 Å². The van der Waals surface area contributed by atoms with Gasteiger partial charge in [0.05, 0.1) is 0 Å². The molecule has 0 heteroatoms. The van der Waals surface area contributed by atoms with E-state index in [1.807, 2.05) is 0 Å². The van der Waals surface area contributed by atoms with Crippen molar-refractivity contribution in [1.29, 1.82) is 0 Å². The summed E-state index contributed by atoms with van der Waals surface area (Å²) in [5, 5.41) is 2.59. The summed E-state index contributed by atoms with van der Waals surface area (Å²) in [5.74, 6) is 0. The maximum absolute atomic E-state index is 2.30. The van der Waals surface area contributed by atoms with Crippen LogP contribution in [-0.2, 0) is 0 Å². The fourth-order valence-electron chi connectivity index (χ4n) is 3.21. The summed E-state index contributed by atoms with van der Waals surface area (Å²) in [6.07, 6.45) is 0. The van der Waals surface area contributed by atoms with E-state index in [4.69, 9.17) is 0 Å². The molecule has 110 valence electrons. The van der Waals surface area contributed by atoms with E-state index in [-0.39, 0.29) is 0 Å². The molecule has 0 spiro atoms. The van der Waals surface area contributed by atoms with Crippen LogP contribution < -0.4 is 0 Å². The molecule has 0 aliphatic carbocycles. The first kappa shape index (κ1) is 13.8. The van der Waals surface area contributed by atoms with Crippen molar-refractivity contribution in [2.45, 2.75) is 6.92 Å². The van der Waals surface area contributed by atoms with Crippen LogP contribution in [0.3, 0.4) is 0 Å². The van der Waals surface area contributed by atoms with Gasteiger partial charge in [0.2, 0.25) is 0 Å². The minimum absolute atomic E-state index is 1.26. The van der Waals surface area contributed by atoms with Crippen molar-refractivity contribution in [3.05, 3.63) is 96.6 Å². The molecule has 0 aromatic heterocycles. The molecule has 0 aliphatic heterocycles. The number of hydrogen-bond donors (Lipinski definition) is 0. The van der Waals surface area contributed by atoms with Crippen LogP contribution in [0.4, 0.5) is 0 Å². The first-order chi connectivity index (χ1) is 11.3. The number of rotatable bonds is 2. The van der Waals surface area contributed by atoms with Gasteiger partial charge < -0.3 is 0 Å². The van der Waals surface area contributed by atoms with Gasteiger partial charge in [0.15, 0.2) is 0 Å². The molecule has 4 rings (SSSR count). The van der Waals surface area contributed by atoms with Crippen LogP contribution in [-0.4, -0.2) is 0 Å². The summed E-state index contributed by atoms with van der Waals surface area (Å²) in [5.41, 5.74) is 6.39. The summed E-state index contributed by atoms with van der Waals surface area (Å²) in [7, 11) is 0. The van der Waals surface area contributed by atoms with Crippen LogP contribution in [0, 0.1) is 6.92 Å². The van der Waals surface area contributed by atoms with E-state index in [0.29, 0.717) is 0 Å². The number of fused-ring (bicyclic) bond motifs is 1. The summed E-state index contributed by atoms with van der Waals surface area (Å²) in [6.45, 7) is 2.17. The van der Waals surface area contributed by atoms with Crippen molar-refractivity contribution in [2.75, 3.05) is 0 Å². The lowest BCUT2D eigenvalue weighted by Gasteiger charge is -2.11. The van der Waals surface area contributed by atoms with E-state index in [9.17, 15) is 0 Å². The fourth-order valence-corrected chi connectivity index (χ4v) is 3.21.